The maximum Gasteiger partial charge on any atom is 0.144 e. The summed E-state index contributed by atoms with van der Waals surface area (Å²) in [6.45, 7) is 3.47. The van der Waals surface area contributed by atoms with Crippen LogP contribution in [0.15, 0.2) is 30.6 Å². The van der Waals surface area contributed by atoms with Gasteiger partial charge in [-0.2, -0.15) is 5.10 Å². The Morgan fingerprint density at radius 1 is 1.42 bits per heavy atom. The molecule has 1 aromatic heterocycles. The molecule has 0 spiro atoms. The number of nitrogen functional groups attached to an aromatic ring is 1. The quantitative estimate of drug-likeness (QED) is 0.783. The van der Waals surface area contributed by atoms with Gasteiger partial charge in [0, 0.05) is 37.1 Å². The minimum absolute atomic E-state index is 0.667. The first-order valence-electron chi connectivity index (χ1n) is 6.42. The van der Waals surface area contributed by atoms with Crippen molar-refractivity contribution in [3.63, 3.8) is 0 Å². The van der Waals surface area contributed by atoms with Crippen LogP contribution in [0, 0.1) is 0 Å². The zero-order chi connectivity index (χ0) is 13.7. The second kappa shape index (κ2) is 6.13. The summed E-state index contributed by atoms with van der Waals surface area (Å²) in [5.41, 5.74) is 8.67. The van der Waals surface area contributed by atoms with Crippen molar-refractivity contribution in [3.05, 3.63) is 36.2 Å². The van der Waals surface area contributed by atoms with Crippen LogP contribution in [0.2, 0.25) is 0 Å². The summed E-state index contributed by atoms with van der Waals surface area (Å²) in [5, 5.41) is 7.46. The van der Waals surface area contributed by atoms with Crippen molar-refractivity contribution < 1.29 is 4.74 Å². The largest absolute Gasteiger partial charge is 0.491 e. The topological polar surface area (TPSA) is 65.1 Å². The number of nitrogens with zero attached hydrogens (tertiary/aromatic N) is 2. The third-order valence-corrected chi connectivity index (χ3v) is 2.73. The van der Waals surface area contributed by atoms with Crippen molar-refractivity contribution in [2.24, 2.45) is 7.05 Å². The number of nitrogens with two attached hydrogens (primary N) is 1. The number of nitrogens with one attached hydrogen (secondary N) is 1. The van der Waals surface area contributed by atoms with Gasteiger partial charge in [-0.25, -0.2) is 0 Å². The highest BCUT2D eigenvalue weighted by Gasteiger charge is 2.03. The Hall–Kier alpha value is -2.17. The van der Waals surface area contributed by atoms with E-state index in [9.17, 15) is 0 Å². The van der Waals surface area contributed by atoms with Crippen LogP contribution in [0.5, 0.6) is 5.75 Å². The fourth-order valence-corrected chi connectivity index (χ4v) is 1.75. The number of aromatic nitrogens is 2. The third-order valence-electron chi connectivity index (χ3n) is 2.73. The summed E-state index contributed by atoms with van der Waals surface area (Å²) in [4.78, 5) is 0. The minimum Gasteiger partial charge on any atom is -0.491 e. The molecule has 1 heterocycles. The molecule has 0 saturated heterocycles. The molecule has 5 nitrogen and oxygen atoms in total. The van der Waals surface area contributed by atoms with Gasteiger partial charge in [0.2, 0.25) is 0 Å². The van der Waals surface area contributed by atoms with Crippen molar-refractivity contribution in [2.75, 3.05) is 17.7 Å². The Kier molecular flexibility index (Phi) is 4.28. The van der Waals surface area contributed by atoms with E-state index in [0.29, 0.717) is 12.3 Å². The van der Waals surface area contributed by atoms with Crippen molar-refractivity contribution in [3.8, 4) is 5.75 Å². The van der Waals surface area contributed by atoms with Crippen molar-refractivity contribution in [1.82, 2.24) is 9.78 Å². The van der Waals surface area contributed by atoms with Crippen molar-refractivity contribution in [2.45, 2.75) is 19.9 Å². The molecular weight excluding hydrogens is 240 g/mol. The standard InChI is InChI=1S/C14H20N4O/c1-3-6-19-14-7-12(4-5-13(14)15)16-8-11-9-17-18(2)10-11/h4-5,7,9-10,16H,3,6,8,15H2,1-2H3. The van der Waals surface area contributed by atoms with Crippen LogP contribution in [0.3, 0.4) is 0 Å². The van der Waals surface area contributed by atoms with Gasteiger partial charge < -0.3 is 15.8 Å². The molecule has 2 rings (SSSR count). The number of ether oxygens (including phenoxy) is 1. The molecule has 0 fully saturated rings. The monoisotopic (exact) mass is 260 g/mol. The highest BCUT2D eigenvalue weighted by molar-refractivity contribution is 5.61. The second-order valence-electron chi connectivity index (χ2n) is 4.48. The van der Waals surface area contributed by atoms with Crippen LogP contribution in [0.4, 0.5) is 11.4 Å². The molecule has 0 aliphatic rings. The predicted octanol–water partition coefficient (Wildman–Crippen LogP) is 2.40. The van der Waals surface area contributed by atoms with E-state index >= 15 is 0 Å². The molecule has 2 aromatic rings. The van der Waals surface area contributed by atoms with E-state index < -0.39 is 0 Å². The van der Waals surface area contributed by atoms with E-state index in [4.69, 9.17) is 10.5 Å². The summed E-state index contributed by atoms with van der Waals surface area (Å²) >= 11 is 0. The zero-order valence-electron chi connectivity index (χ0n) is 11.4. The van der Waals surface area contributed by atoms with E-state index in [1.807, 2.05) is 37.6 Å². The maximum atomic E-state index is 5.87. The molecule has 19 heavy (non-hydrogen) atoms. The van der Waals surface area contributed by atoms with Gasteiger partial charge >= 0.3 is 0 Å². The Morgan fingerprint density at radius 3 is 2.95 bits per heavy atom. The molecule has 0 bridgehead atoms. The first-order chi connectivity index (χ1) is 9.19. The van der Waals surface area contributed by atoms with Crippen LogP contribution < -0.4 is 15.8 Å². The molecule has 5 heteroatoms. The van der Waals surface area contributed by atoms with Gasteiger partial charge in [-0.05, 0) is 18.6 Å². The molecule has 0 saturated carbocycles. The molecule has 0 unspecified atom stereocenters. The second-order valence-corrected chi connectivity index (χ2v) is 4.48. The average Bonchev–Trinajstić information content (AvgIpc) is 2.82. The predicted molar refractivity (Wildman–Crippen MR) is 77.2 cm³/mol. The molecule has 0 aliphatic heterocycles. The van der Waals surface area contributed by atoms with Gasteiger partial charge in [-0.1, -0.05) is 6.92 Å². The lowest BCUT2D eigenvalue weighted by Crippen LogP contribution is -2.02. The maximum absolute atomic E-state index is 5.87. The Morgan fingerprint density at radius 2 is 2.26 bits per heavy atom. The van der Waals surface area contributed by atoms with Gasteiger partial charge in [0.25, 0.3) is 0 Å². The molecule has 0 amide bonds. The lowest BCUT2D eigenvalue weighted by molar-refractivity contribution is 0.319. The smallest absolute Gasteiger partial charge is 0.144 e. The van der Waals surface area contributed by atoms with Crippen molar-refractivity contribution in [1.29, 1.82) is 0 Å². The van der Waals surface area contributed by atoms with Crippen LogP contribution in [-0.2, 0) is 13.6 Å². The number of aryl methyl sites for hydroxylation is 1. The summed E-state index contributed by atoms with van der Waals surface area (Å²) in [5.74, 6) is 0.734. The van der Waals surface area contributed by atoms with Gasteiger partial charge in [-0.3, -0.25) is 4.68 Å². The molecule has 0 radical (unpaired) electrons. The molecule has 102 valence electrons. The average molecular weight is 260 g/mol. The van der Waals surface area contributed by atoms with E-state index in [-0.39, 0.29) is 0 Å². The summed E-state index contributed by atoms with van der Waals surface area (Å²) in [6, 6.07) is 5.74. The number of rotatable bonds is 6. The minimum atomic E-state index is 0.667. The SMILES string of the molecule is CCCOc1cc(NCc2cnn(C)c2)ccc1N. The van der Waals surface area contributed by atoms with E-state index in [1.54, 1.807) is 4.68 Å². The fourth-order valence-electron chi connectivity index (χ4n) is 1.75. The first-order valence-corrected chi connectivity index (χ1v) is 6.42. The third kappa shape index (κ3) is 3.64. The van der Waals surface area contributed by atoms with Crippen molar-refractivity contribution >= 4 is 11.4 Å². The van der Waals surface area contributed by atoms with E-state index in [1.165, 1.54) is 0 Å². The van der Waals surface area contributed by atoms with Crippen LogP contribution >= 0.6 is 0 Å². The Bertz CT molecular complexity index is 536. The van der Waals surface area contributed by atoms with Crippen LogP contribution in [0.25, 0.3) is 0 Å². The van der Waals surface area contributed by atoms with Gasteiger partial charge in [-0.15, -0.1) is 0 Å². The molecule has 0 atom stereocenters. The highest BCUT2D eigenvalue weighted by Crippen LogP contribution is 2.25. The molecule has 1 aromatic carbocycles. The first kappa shape index (κ1) is 13.3. The lowest BCUT2D eigenvalue weighted by Gasteiger charge is -2.11. The normalized spacial score (nSPS) is 10.4. The molecule has 3 N–H and O–H groups in total. The Labute approximate surface area is 113 Å². The number of hydrogen-bond acceptors (Lipinski definition) is 4. The summed E-state index contributed by atoms with van der Waals surface area (Å²) in [7, 11) is 1.91. The lowest BCUT2D eigenvalue weighted by atomic mass is 10.2. The van der Waals surface area contributed by atoms with Gasteiger partial charge in [0.15, 0.2) is 0 Å². The Balaban J connectivity index is 2.00. The summed E-state index contributed by atoms with van der Waals surface area (Å²) in [6.07, 6.45) is 4.80. The summed E-state index contributed by atoms with van der Waals surface area (Å²) < 4.78 is 7.39. The van der Waals surface area contributed by atoms with E-state index in [2.05, 4.69) is 17.3 Å². The number of benzene rings is 1. The number of anilines is 2. The van der Waals surface area contributed by atoms with Gasteiger partial charge in [0.05, 0.1) is 18.5 Å². The van der Waals surface area contributed by atoms with E-state index in [0.717, 1.165) is 30.0 Å². The van der Waals surface area contributed by atoms with Gasteiger partial charge in [0.1, 0.15) is 5.75 Å². The highest BCUT2D eigenvalue weighted by atomic mass is 16.5. The van der Waals surface area contributed by atoms with Crippen LogP contribution in [-0.4, -0.2) is 16.4 Å². The molecular formula is C14H20N4O. The zero-order valence-corrected chi connectivity index (χ0v) is 11.4. The molecule has 0 aliphatic carbocycles. The number of hydrogen-bond donors (Lipinski definition) is 2. The van der Waals surface area contributed by atoms with Crippen LogP contribution in [0.1, 0.15) is 18.9 Å². The fraction of sp³-hybridized carbons (Fsp3) is 0.357.